The van der Waals surface area contributed by atoms with Crippen LogP contribution in [0.1, 0.15) is 19.4 Å². The van der Waals surface area contributed by atoms with Crippen molar-refractivity contribution in [3.63, 3.8) is 0 Å². The molecule has 7 heteroatoms. The van der Waals surface area contributed by atoms with E-state index in [4.69, 9.17) is 4.98 Å². The zero-order valence-corrected chi connectivity index (χ0v) is 16.6. The molecule has 3 heterocycles. The number of aromatic nitrogens is 4. The Bertz CT molecular complexity index is 1170. The molecule has 0 unspecified atom stereocenters. The summed E-state index contributed by atoms with van der Waals surface area (Å²) in [6.45, 7) is 10.3. The molecule has 0 radical (unpaired) electrons. The lowest BCUT2D eigenvalue weighted by atomic mass is 10.1. The van der Waals surface area contributed by atoms with Crippen LogP contribution in [0.2, 0.25) is 0 Å². The Balaban J connectivity index is 1.92. The third kappa shape index (κ3) is 2.96. The van der Waals surface area contributed by atoms with Crippen LogP contribution < -0.4 is 16.1 Å². The summed E-state index contributed by atoms with van der Waals surface area (Å²) in [5.74, 6) is 1.11. The van der Waals surface area contributed by atoms with E-state index in [2.05, 4.69) is 30.5 Å². The molecule has 28 heavy (non-hydrogen) atoms. The molecule has 0 N–H and O–H groups in total. The minimum Gasteiger partial charge on any atom is -0.338 e. The van der Waals surface area contributed by atoms with Crippen molar-refractivity contribution >= 4 is 17.1 Å². The second-order valence-corrected chi connectivity index (χ2v) is 7.86. The van der Waals surface area contributed by atoms with Gasteiger partial charge in [-0.15, -0.1) is 0 Å². The first-order valence-electron chi connectivity index (χ1n) is 9.50. The van der Waals surface area contributed by atoms with Gasteiger partial charge in [0.1, 0.15) is 0 Å². The largest absolute Gasteiger partial charge is 0.338 e. The molecule has 0 bridgehead atoms. The Hall–Kier alpha value is -3.09. The van der Waals surface area contributed by atoms with Crippen LogP contribution in [0.5, 0.6) is 0 Å². The van der Waals surface area contributed by atoms with E-state index in [1.165, 1.54) is 14.7 Å². The number of fused-ring (bicyclic) bond motifs is 3. The number of hydrogen-bond donors (Lipinski definition) is 0. The van der Waals surface area contributed by atoms with E-state index in [1.54, 1.807) is 7.05 Å². The molecule has 0 aliphatic carbocycles. The number of benzene rings is 1. The summed E-state index contributed by atoms with van der Waals surface area (Å²) in [6.07, 6.45) is 0. The molecule has 3 aromatic rings. The van der Waals surface area contributed by atoms with Gasteiger partial charge in [-0.1, -0.05) is 49.4 Å². The van der Waals surface area contributed by atoms with Crippen LogP contribution in [-0.2, 0) is 26.7 Å². The number of rotatable bonds is 4. The van der Waals surface area contributed by atoms with E-state index in [0.717, 1.165) is 18.1 Å². The highest BCUT2D eigenvalue weighted by molar-refractivity contribution is 5.75. The molecule has 1 aliphatic rings. The monoisotopic (exact) mass is 379 g/mol. The van der Waals surface area contributed by atoms with Gasteiger partial charge < -0.3 is 9.47 Å². The van der Waals surface area contributed by atoms with E-state index in [9.17, 15) is 9.59 Å². The molecule has 4 rings (SSSR count). The predicted octanol–water partition coefficient (Wildman–Crippen LogP) is 2.13. The predicted molar refractivity (Wildman–Crippen MR) is 111 cm³/mol. The van der Waals surface area contributed by atoms with Crippen molar-refractivity contribution in [1.29, 1.82) is 0 Å². The van der Waals surface area contributed by atoms with Gasteiger partial charge in [-0.05, 0) is 18.4 Å². The summed E-state index contributed by atoms with van der Waals surface area (Å²) in [5.41, 5.74) is 2.21. The maximum Gasteiger partial charge on any atom is 0.332 e. The van der Waals surface area contributed by atoms with Crippen LogP contribution in [0.4, 0.5) is 5.95 Å². The van der Waals surface area contributed by atoms with Crippen molar-refractivity contribution in [2.24, 2.45) is 13.0 Å². The Morgan fingerprint density at radius 3 is 2.61 bits per heavy atom. The van der Waals surface area contributed by atoms with Gasteiger partial charge in [0.05, 0.1) is 6.54 Å². The van der Waals surface area contributed by atoms with Gasteiger partial charge in [-0.3, -0.25) is 13.9 Å². The number of allylic oxidation sites excluding steroid dienone is 1. The molecular weight excluding hydrogens is 354 g/mol. The molecule has 0 spiro atoms. The van der Waals surface area contributed by atoms with Crippen molar-refractivity contribution in [3.8, 4) is 0 Å². The van der Waals surface area contributed by atoms with Crippen LogP contribution in [0, 0.1) is 5.92 Å². The topological polar surface area (TPSA) is 65.1 Å². The third-order valence-corrected chi connectivity index (χ3v) is 5.17. The minimum atomic E-state index is -0.362. The molecular formula is C21H25N5O2. The number of aryl methyl sites for hydroxylation is 1. The SMILES string of the molecule is C=C(C)Cn1c(=O)c2c(nc3n2C[C@@H](C)CN3Cc2ccccc2)n(C)c1=O. The first kappa shape index (κ1) is 18.3. The molecule has 0 saturated carbocycles. The Kier molecular flexibility index (Phi) is 4.45. The molecule has 7 nitrogen and oxygen atoms in total. The van der Waals surface area contributed by atoms with Crippen molar-refractivity contribution in [1.82, 2.24) is 18.7 Å². The highest BCUT2D eigenvalue weighted by Crippen LogP contribution is 2.28. The Morgan fingerprint density at radius 1 is 1.21 bits per heavy atom. The van der Waals surface area contributed by atoms with Crippen LogP contribution in [0.25, 0.3) is 11.2 Å². The summed E-state index contributed by atoms with van der Waals surface area (Å²) in [7, 11) is 1.67. The summed E-state index contributed by atoms with van der Waals surface area (Å²) in [6, 6.07) is 10.2. The molecule has 0 amide bonds. The van der Waals surface area contributed by atoms with Gasteiger partial charge in [0.15, 0.2) is 11.2 Å². The zero-order valence-electron chi connectivity index (χ0n) is 16.6. The van der Waals surface area contributed by atoms with Gasteiger partial charge >= 0.3 is 5.69 Å². The van der Waals surface area contributed by atoms with E-state index < -0.39 is 0 Å². The van der Waals surface area contributed by atoms with Gasteiger partial charge in [0.2, 0.25) is 5.95 Å². The third-order valence-electron chi connectivity index (χ3n) is 5.17. The number of imidazole rings is 1. The first-order valence-corrected chi connectivity index (χ1v) is 9.50. The number of anilines is 1. The van der Waals surface area contributed by atoms with Crippen LogP contribution in [0.15, 0.2) is 52.1 Å². The molecule has 1 aliphatic heterocycles. The summed E-state index contributed by atoms with van der Waals surface area (Å²) in [5, 5.41) is 0. The Morgan fingerprint density at radius 2 is 1.93 bits per heavy atom. The van der Waals surface area contributed by atoms with Crippen LogP contribution in [-0.4, -0.2) is 25.2 Å². The second-order valence-electron chi connectivity index (χ2n) is 7.86. The highest BCUT2D eigenvalue weighted by Gasteiger charge is 2.29. The lowest BCUT2D eigenvalue weighted by Gasteiger charge is -2.33. The van der Waals surface area contributed by atoms with Crippen molar-refractivity contribution in [2.45, 2.75) is 33.5 Å². The lowest BCUT2D eigenvalue weighted by Crippen LogP contribution is -2.41. The van der Waals surface area contributed by atoms with E-state index in [-0.39, 0.29) is 17.8 Å². The smallest absolute Gasteiger partial charge is 0.332 e. The quantitative estimate of drug-likeness (QED) is 0.652. The van der Waals surface area contributed by atoms with E-state index in [1.807, 2.05) is 29.7 Å². The molecule has 2 aromatic heterocycles. The van der Waals surface area contributed by atoms with Gasteiger partial charge in [-0.2, -0.15) is 4.98 Å². The van der Waals surface area contributed by atoms with Crippen molar-refractivity contribution in [2.75, 3.05) is 11.4 Å². The molecule has 1 atom stereocenters. The minimum absolute atomic E-state index is 0.214. The van der Waals surface area contributed by atoms with Crippen molar-refractivity contribution in [3.05, 3.63) is 68.9 Å². The standard InChI is InChI=1S/C21H25N5O2/c1-14(2)10-26-19(27)17-18(23(4)21(26)28)22-20-24(11-15(3)12-25(17)20)13-16-8-6-5-7-9-16/h5-9,15H,1,10-13H2,2-4H3/t15-/m0/s1. The zero-order chi connectivity index (χ0) is 20.0. The summed E-state index contributed by atoms with van der Waals surface area (Å²) < 4.78 is 4.69. The highest BCUT2D eigenvalue weighted by atomic mass is 16.2. The average molecular weight is 379 g/mol. The summed E-state index contributed by atoms with van der Waals surface area (Å²) >= 11 is 0. The average Bonchev–Trinajstić information content (AvgIpc) is 3.04. The second kappa shape index (κ2) is 6.82. The summed E-state index contributed by atoms with van der Waals surface area (Å²) in [4.78, 5) is 32.8. The fourth-order valence-corrected chi connectivity index (χ4v) is 3.95. The fraction of sp³-hybridized carbons (Fsp3) is 0.381. The molecule has 0 fully saturated rings. The molecule has 1 aromatic carbocycles. The van der Waals surface area contributed by atoms with E-state index >= 15 is 0 Å². The van der Waals surface area contributed by atoms with Gasteiger partial charge in [-0.25, -0.2) is 4.79 Å². The Labute approximate surface area is 163 Å². The normalized spacial score (nSPS) is 16.4. The number of nitrogens with zero attached hydrogens (tertiary/aromatic N) is 5. The molecule has 146 valence electrons. The number of hydrogen-bond acceptors (Lipinski definition) is 4. The van der Waals surface area contributed by atoms with Crippen molar-refractivity contribution < 1.29 is 0 Å². The molecule has 0 saturated heterocycles. The maximum atomic E-state index is 13.2. The first-order chi connectivity index (χ1) is 13.4. The van der Waals surface area contributed by atoms with Gasteiger partial charge in [0.25, 0.3) is 5.56 Å². The lowest BCUT2D eigenvalue weighted by molar-refractivity contribution is 0.435. The van der Waals surface area contributed by atoms with Crippen LogP contribution >= 0.6 is 0 Å². The van der Waals surface area contributed by atoms with Gasteiger partial charge in [0, 0.05) is 26.7 Å². The van der Waals surface area contributed by atoms with E-state index in [0.29, 0.717) is 30.2 Å². The fourth-order valence-electron chi connectivity index (χ4n) is 3.95. The maximum absolute atomic E-state index is 13.2. The van der Waals surface area contributed by atoms with Crippen LogP contribution in [0.3, 0.4) is 0 Å².